The summed E-state index contributed by atoms with van der Waals surface area (Å²) in [6, 6.07) is 0. The van der Waals surface area contributed by atoms with Gasteiger partial charge in [0.1, 0.15) is 0 Å². The zero-order chi connectivity index (χ0) is 35.5. The lowest BCUT2D eigenvalue weighted by atomic mass is 9.87. The molecule has 0 amide bonds. The van der Waals surface area contributed by atoms with Gasteiger partial charge in [0.15, 0.2) is 0 Å². The van der Waals surface area contributed by atoms with Gasteiger partial charge in [0.2, 0.25) is 0 Å². The first-order valence-corrected chi connectivity index (χ1v) is 11.6. The van der Waals surface area contributed by atoms with Gasteiger partial charge < -0.3 is 10.2 Å². The highest BCUT2D eigenvalue weighted by molar-refractivity contribution is 7.90. The molecule has 0 aliphatic heterocycles. The van der Waals surface area contributed by atoms with Crippen molar-refractivity contribution >= 4 is 10.0 Å². The van der Waals surface area contributed by atoms with Gasteiger partial charge in [0, 0.05) is 13.1 Å². The first kappa shape index (κ1) is 41.4. The molecule has 0 bridgehead atoms. The molecule has 0 heterocycles. The molecule has 0 radical (unpaired) electrons. The number of hydrogen-bond donors (Lipinski definition) is 2. The minimum atomic E-state index is -9.41. The van der Waals surface area contributed by atoms with Crippen LogP contribution < -0.4 is 0 Å². The number of rotatable bonds is 15. The Hall–Kier alpha value is -1.64. The maximum atomic E-state index is 14.3. The molecule has 0 aliphatic rings. The summed E-state index contributed by atoms with van der Waals surface area (Å²) in [7, 11) is -7.70. The van der Waals surface area contributed by atoms with Crippen LogP contribution in [0.5, 0.6) is 0 Å². The van der Waals surface area contributed by atoms with E-state index < -0.39 is 105 Å². The molecule has 0 saturated carbocycles. The Morgan fingerprint density at radius 1 is 0.558 bits per heavy atom. The second-order valence-electron chi connectivity index (χ2n) is 8.31. The molecule has 0 aromatic heterocycles. The third-order valence-electron chi connectivity index (χ3n) is 5.24. The second kappa shape index (κ2) is 11.3. The molecule has 0 saturated heterocycles. The number of aliphatic hydroxyl groups is 2. The fourth-order valence-corrected chi connectivity index (χ4v) is 4.29. The quantitative estimate of drug-likeness (QED) is 0.216. The van der Waals surface area contributed by atoms with Gasteiger partial charge >= 0.3 is 58.8 Å². The van der Waals surface area contributed by atoms with Crippen molar-refractivity contribution in [2.24, 2.45) is 0 Å². The molecule has 5 nitrogen and oxygen atoms in total. The topological polar surface area (TPSA) is 77.8 Å². The van der Waals surface area contributed by atoms with Gasteiger partial charge in [-0.1, -0.05) is 6.92 Å². The number of nitrogens with zero attached hydrogens (tertiary/aromatic N) is 1. The van der Waals surface area contributed by atoms with E-state index in [1.807, 2.05) is 0 Å². The van der Waals surface area contributed by atoms with Gasteiger partial charge in [0.05, 0.1) is 12.7 Å². The minimum absolute atomic E-state index is 0.799. The summed E-state index contributed by atoms with van der Waals surface area (Å²) in [6.45, 7) is -4.34. The Balaban J connectivity index is 7.32. The Bertz CT molecular complexity index is 1090. The van der Waals surface area contributed by atoms with Crippen LogP contribution in [0.4, 0.5) is 92.2 Å². The van der Waals surface area contributed by atoms with E-state index >= 15 is 0 Å². The predicted molar refractivity (Wildman–Crippen MR) is 94.5 cm³/mol. The van der Waals surface area contributed by atoms with E-state index in [-0.39, 0.29) is 0 Å². The summed E-state index contributed by atoms with van der Waals surface area (Å²) in [6.07, 6.45) is -11.5. The Morgan fingerprint density at radius 3 is 1.09 bits per heavy atom. The van der Waals surface area contributed by atoms with E-state index in [0.717, 1.165) is 6.92 Å². The number of hydrogen-bond acceptors (Lipinski definition) is 4. The highest BCUT2D eigenvalue weighted by Crippen LogP contribution is 2.66. The number of halogens is 21. The van der Waals surface area contributed by atoms with Crippen LogP contribution >= 0.6 is 0 Å². The monoisotopic (exact) mass is 715 g/mol. The smallest absolute Gasteiger partial charge is 0.394 e. The third kappa shape index (κ3) is 5.56. The van der Waals surface area contributed by atoms with Crippen LogP contribution in [0.25, 0.3) is 0 Å². The highest BCUT2D eigenvalue weighted by atomic mass is 32.2. The number of alkyl halides is 21. The lowest BCUT2D eigenvalue weighted by Gasteiger charge is -2.44. The molecule has 0 rings (SSSR count). The van der Waals surface area contributed by atoms with E-state index in [1.54, 1.807) is 0 Å². The van der Waals surface area contributed by atoms with Gasteiger partial charge in [-0.3, -0.25) is 0 Å². The Labute approximate surface area is 224 Å². The Kier molecular flexibility index (Phi) is 10.9. The average molecular weight is 715 g/mol. The molecule has 0 aliphatic carbocycles. The summed E-state index contributed by atoms with van der Waals surface area (Å²) in [4.78, 5) is 0. The summed E-state index contributed by atoms with van der Waals surface area (Å²) in [5.41, 5.74) is 0. The van der Waals surface area contributed by atoms with Crippen molar-refractivity contribution in [3.63, 3.8) is 0 Å². The molecular formula is C16H14F21NO4S. The lowest BCUT2D eigenvalue weighted by molar-refractivity contribution is -0.472. The SMILES string of the molecule is CCCN(CC(O)CO)S(=O)(=O)C(F)(F)C(F)(F)C(F)(F)C(F)(F)C(F)(F)C(F)(F)C(F)(F)C(F)(F)C(F)(F)C(F)(F)F. The van der Waals surface area contributed by atoms with E-state index in [2.05, 4.69) is 0 Å². The molecular weight excluding hydrogens is 701 g/mol. The fraction of sp³-hybridized carbons (Fsp3) is 1.00. The first-order chi connectivity index (χ1) is 18.4. The summed E-state index contributed by atoms with van der Waals surface area (Å²) >= 11 is 0. The van der Waals surface area contributed by atoms with Gasteiger partial charge in [-0.15, -0.1) is 0 Å². The first-order valence-electron chi connectivity index (χ1n) is 10.2. The van der Waals surface area contributed by atoms with Crippen LogP contribution in [0.1, 0.15) is 13.3 Å². The minimum Gasteiger partial charge on any atom is -0.394 e. The molecule has 1 unspecified atom stereocenters. The maximum Gasteiger partial charge on any atom is 0.460 e. The number of aliphatic hydroxyl groups excluding tert-OH is 2. The second-order valence-corrected chi connectivity index (χ2v) is 10.3. The van der Waals surface area contributed by atoms with Crippen molar-refractivity contribution in [2.45, 2.75) is 78.3 Å². The third-order valence-corrected chi connectivity index (χ3v) is 7.16. The van der Waals surface area contributed by atoms with Crippen molar-refractivity contribution in [3.05, 3.63) is 0 Å². The van der Waals surface area contributed by atoms with Crippen LogP contribution in [-0.2, 0) is 10.0 Å². The molecule has 0 aromatic rings. The predicted octanol–water partition coefficient (Wildman–Crippen LogP) is 5.62. The summed E-state index contributed by atoms with van der Waals surface area (Å²) in [5.74, 6) is -72.7. The average Bonchev–Trinajstić information content (AvgIpc) is 2.81. The maximum absolute atomic E-state index is 14.3. The van der Waals surface area contributed by atoms with E-state index in [9.17, 15) is 101 Å². The molecule has 1 atom stereocenters. The van der Waals surface area contributed by atoms with Crippen molar-refractivity contribution in [3.8, 4) is 0 Å². The molecule has 0 fully saturated rings. The van der Waals surface area contributed by atoms with Crippen LogP contribution in [0.15, 0.2) is 0 Å². The highest BCUT2D eigenvalue weighted by Gasteiger charge is 2.98. The van der Waals surface area contributed by atoms with E-state index in [0.29, 0.717) is 0 Å². The normalized spacial score (nSPS) is 17.0. The lowest BCUT2D eigenvalue weighted by Crippen LogP contribution is -2.77. The van der Waals surface area contributed by atoms with Crippen LogP contribution in [0, 0.1) is 0 Å². The number of sulfonamides is 1. The Morgan fingerprint density at radius 2 is 0.837 bits per heavy atom. The summed E-state index contributed by atoms with van der Waals surface area (Å²) in [5, 5.41) is 9.80. The molecule has 27 heteroatoms. The van der Waals surface area contributed by atoms with Crippen LogP contribution in [0.3, 0.4) is 0 Å². The van der Waals surface area contributed by atoms with Gasteiger partial charge in [-0.2, -0.15) is 96.5 Å². The van der Waals surface area contributed by atoms with Crippen molar-refractivity contribution < 1.29 is 111 Å². The van der Waals surface area contributed by atoms with Crippen molar-refractivity contribution in [1.29, 1.82) is 0 Å². The van der Waals surface area contributed by atoms with Crippen LogP contribution in [-0.4, -0.2) is 108 Å². The van der Waals surface area contributed by atoms with Crippen molar-refractivity contribution in [1.82, 2.24) is 4.31 Å². The fourth-order valence-electron chi connectivity index (χ4n) is 2.72. The molecule has 43 heavy (non-hydrogen) atoms. The van der Waals surface area contributed by atoms with E-state index in [4.69, 9.17) is 10.2 Å². The zero-order valence-electron chi connectivity index (χ0n) is 19.9. The van der Waals surface area contributed by atoms with Crippen LogP contribution in [0.2, 0.25) is 0 Å². The molecule has 0 aromatic carbocycles. The van der Waals surface area contributed by atoms with Gasteiger partial charge in [-0.05, 0) is 6.42 Å². The molecule has 2 N–H and O–H groups in total. The zero-order valence-corrected chi connectivity index (χ0v) is 20.7. The van der Waals surface area contributed by atoms with Gasteiger partial charge in [0.25, 0.3) is 10.0 Å². The standard InChI is InChI=1S/C16H14F21NO4S/c1-2-3-38(4-6(40)5-39)43(41,42)16(36,37)14(31,32)12(27,28)10(23,24)8(19,20)7(17,18)9(21,22)11(25,26)13(29,30)15(33,34)35/h6,39-40H,2-5H2,1H3. The molecule has 0 spiro atoms. The summed E-state index contributed by atoms with van der Waals surface area (Å²) < 4.78 is 305. The van der Waals surface area contributed by atoms with Crippen molar-refractivity contribution in [2.75, 3.05) is 19.7 Å². The van der Waals surface area contributed by atoms with E-state index in [1.165, 1.54) is 0 Å². The largest absolute Gasteiger partial charge is 0.460 e. The molecule has 260 valence electrons. The van der Waals surface area contributed by atoms with Gasteiger partial charge in [-0.25, -0.2) is 8.42 Å².